The summed E-state index contributed by atoms with van der Waals surface area (Å²) >= 11 is 0. The summed E-state index contributed by atoms with van der Waals surface area (Å²) in [5.41, 5.74) is 0.214. The van der Waals surface area contributed by atoms with Gasteiger partial charge in [0.2, 0.25) is 0 Å². The molecule has 2 atom stereocenters. The number of esters is 1. The molecule has 0 unspecified atom stereocenters. The number of rotatable bonds is 5. The molecule has 0 aromatic carbocycles. The average molecular weight is 190 g/mol. The second kappa shape index (κ2) is 5.69. The van der Waals surface area contributed by atoms with Crippen molar-refractivity contribution in [2.75, 3.05) is 13.2 Å². The van der Waals surface area contributed by atoms with Crippen LogP contribution in [-0.2, 0) is 9.53 Å². The summed E-state index contributed by atoms with van der Waals surface area (Å²) in [6.45, 7) is 3.87. The van der Waals surface area contributed by atoms with Crippen LogP contribution in [0.15, 0.2) is 12.2 Å². The van der Waals surface area contributed by atoms with Crippen LogP contribution in [0.2, 0.25) is 0 Å². The second-order valence-corrected chi connectivity index (χ2v) is 2.70. The maximum atomic E-state index is 10.8. The van der Waals surface area contributed by atoms with Crippen LogP contribution < -0.4 is 0 Å². The number of aliphatic hydroxyl groups is 3. The maximum absolute atomic E-state index is 10.8. The van der Waals surface area contributed by atoms with Crippen LogP contribution in [0.4, 0.5) is 0 Å². The minimum absolute atomic E-state index is 0.214. The van der Waals surface area contributed by atoms with Crippen molar-refractivity contribution in [3.8, 4) is 0 Å². The topological polar surface area (TPSA) is 87.0 Å². The van der Waals surface area contributed by atoms with E-state index in [-0.39, 0.29) is 12.2 Å². The van der Waals surface area contributed by atoms with E-state index in [9.17, 15) is 4.79 Å². The highest BCUT2D eigenvalue weighted by atomic mass is 16.5. The van der Waals surface area contributed by atoms with Crippen LogP contribution in [0, 0.1) is 0 Å². The first-order chi connectivity index (χ1) is 5.99. The predicted molar refractivity (Wildman–Crippen MR) is 44.9 cm³/mol. The monoisotopic (exact) mass is 190 g/mol. The van der Waals surface area contributed by atoms with Crippen LogP contribution in [0.5, 0.6) is 0 Å². The van der Waals surface area contributed by atoms with Gasteiger partial charge in [-0.3, -0.25) is 0 Å². The molecule has 0 amide bonds. The summed E-state index contributed by atoms with van der Waals surface area (Å²) < 4.78 is 4.53. The molecule has 0 saturated heterocycles. The molecule has 0 aliphatic carbocycles. The SMILES string of the molecule is C=C(C)C(=O)OC[C@H](O)[C@H](O)CO. The largest absolute Gasteiger partial charge is 0.459 e. The van der Waals surface area contributed by atoms with Gasteiger partial charge in [-0.2, -0.15) is 0 Å². The lowest BCUT2D eigenvalue weighted by Crippen LogP contribution is -2.34. The highest BCUT2D eigenvalue weighted by Crippen LogP contribution is 1.97. The van der Waals surface area contributed by atoms with Crippen molar-refractivity contribution in [2.24, 2.45) is 0 Å². The number of hydrogen-bond acceptors (Lipinski definition) is 5. The molecule has 76 valence electrons. The molecule has 5 nitrogen and oxygen atoms in total. The molecule has 0 radical (unpaired) electrons. The summed E-state index contributed by atoms with van der Waals surface area (Å²) in [5, 5.41) is 26.3. The number of ether oxygens (including phenoxy) is 1. The molecule has 0 aliphatic heterocycles. The summed E-state index contributed by atoms with van der Waals surface area (Å²) in [4.78, 5) is 10.8. The van der Waals surface area contributed by atoms with Crippen LogP contribution in [0.3, 0.4) is 0 Å². The third-order valence-corrected chi connectivity index (χ3v) is 1.36. The van der Waals surface area contributed by atoms with Gasteiger partial charge in [-0.25, -0.2) is 4.79 Å². The van der Waals surface area contributed by atoms with E-state index in [1.807, 2.05) is 0 Å². The Hall–Kier alpha value is -0.910. The lowest BCUT2D eigenvalue weighted by atomic mass is 10.2. The van der Waals surface area contributed by atoms with Gasteiger partial charge in [0.1, 0.15) is 18.8 Å². The Kier molecular flexibility index (Phi) is 5.29. The highest BCUT2D eigenvalue weighted by Gasteiger charge is 2.17. The van der Waals surface area contributed by atoms with Gasteiger partial charge in [0.25, 0.3) is 0 Å². The fourth-order valence-electron chi connectivity index (χ4n) is 0.517. The van der Waals surface area contributed by atoms with Gasteiger partial charge in [-0.1, -0.05) is 6.58 Å². The normalized spacial score (nSPS) is 14.8. The van der Waals surface area contributed by atoms with E-state index in [4.69, 9.17) is 15.3 Å². The third kappa shape index (κ3) is 4.62. The second-order valence-electron chi connectivity index (χ2n) is 2.70. The zero-order valence-electron chi connectivity index (χ0n) is 7.43. The molecule has 0 heterocycles. The molecule has 0 saturated carbocycles. The summed E-state index contributed by atoms with van der Waals surface area (Å²) in [6.07, 6.45) is -2.56. The average Bonchev–Trinajstić information content (AvgIpc) is 2.11. The highest BCUT2D eigenvalue weighted by molar-refractivity contribution is 5.86. The lowest BCUT2D eigenvalue weighted by Gasteiger charge is -2.15. The summed E-state index contributed by atoms with van der Waals surface area (Å²) in [5.74, 6) is -0.635. The van der Waals surface area contributed by atoms with Gasteiger partial charge < -0.3 is 20.1 Å². The van der Waals surface area contributed by atoms with Gasteiger partial charge in [0.15, 0.2) is 0 Å². The standard InChI is InChI=1S/C8H14O5/c1-5(2)8(12)13-4-7(11)6(10)3-9/h6-7,9-11H,1,3-4H2,2H3/t6-,7+/m1/s1. The molecule has 0 rings (SSSR count). The van der Waals surface area contributed by atoms with Gasteiger partial charge >= 0.3 is 5.97 Å². The van der Waals surface area contributed by atoms with Crippen molar-refractivity contribution < 1.29 is 24.9 Å². The predicted octanol–water partition coefficient (Wildman–Crippen LogP) is -1.18. The minimum Gasteiger partial charge on any atom is -0.459 e. The van der Waals surface area contributed by atoms with Crippen LogP contribution in [0.25, 0.3) is 0 Å². The maximum Gasteiger partial charge on any atom is 0.333 e. The zero-order chi connectivity index (χ0) is 10.4. The molecule has 3 N–H and O–H groups in total. The van der Waals surface area contributed by atoms with Crippen molar-refractivity contribution in [3.05, 3.63) is 12.2 Å². The van der Waals surface area contributed by atoms with Crippen LogP contribution >= 0.6 is 0 Å². The minimum atomic E-state index is -1.29. The molecule has 0 aliphatic rings. The first-order valence-corrected chi connectivity index (χ1v) is 3.78. The molecule has 13 heavy (non-hydrogen) atoms. The Morgan fingerprint density at radius 1 is 1.46 bits per heavy atom. The Morgan fingerprint density at radius 2 is 2.00 bits per heavy atom. The molecule has 5 heteroatoms. The van der Waals surface area contributed by atoms with Crippen LogP contribution in [0.1, 0.15) is 6.92 Å². The smallest absolute Gasteiger partial charge is 0.333 e. The van der Waals surface area contributed by atoms with E-state index in [1.54, 1.807) is 0 Å². The van der Waals surface area contributed by atoms with Gasteiger partial charge in [0, 0.05) is 5.57 Å². The van der Waals surface area contributed by atoms with E-state index in [2.05, 4.69) is 11.3 Å². The Morgan fingerprint density at radius 3 is 2.38 bits per heavy atom. The molecular formula is C8H14O5. The zero-order valence-corrected chi connectivity index (χ0v) is 7.43. The molecule has 0 spiro atoms. The number of aliphatic hydroxyl groups excluding tert-OH is 3. The molecule has 0 aromatic rings. The van der Waals surface area contributed by atoms with Gasteiger partial charge in [0.05, 0.1) is 6.61 Å². The fourth-order valence-corrected chi connectivity index (χ4v) is 0.517. The van der Waals surface area contributed by atoms with Gasteiger partial charge in [-0.05, 0) is 6.92 Å². The number of carbonyl (C=O) groups is 1. The summed E-state index contributed by atoms with van der Waals surface area (Å²) in [6, 6.07) is 0. The molecular weight excluding hydrogens is 176 g/mol. The van der Waals surface area contributed by atoms with Crippen molar-refractivity contribution >= 4 is 5.97 Å². The fraction of sp³-hybridized carbons (Fsp3) is 0.625. The van der Waals surface area contributed by atoms with E-state index < -0.39 is 24.8 Å². The van der Waals surface area contributed by atoms with Crippen molar-refractivity contribution in [3.63, 3.8) is 0 Å². The van der Waals surface area contributed by atoms with Crippen molar-refractivity contribution in [1.82, 2.24) is 0 Å². The van der Waals surface area contributed by atoms with Crippen LogP contribution in [-0.4, -0.2) is 46.7 Å². The lowest BCUT2D eigenvalue weighted by molar-refractivity contribution is -0.145. The molecule has 0 fully saturated rings. The Balaban J connectivity index is 3.76. The Labute approximate surface area is 76.3 Å². The van der Waals surface area contributed by atoms with E-state index in [0.29, 0.717) is 0 Å². The van der Waals surface area contributed by atoms with Crippen molar-refractivity contribution in [2.45, 2.75) is 19.1 Å². The van der Waals surface area contributed by atoms with E-state index >= 15 is 0 Å². The number of hydrogen-bond donors (Lipinski definition) is 3. The number of carbonyl (C=O) groups excluding carboxylic acids is 1. The molecule has 0 aromatic heterocycles. The first kappa shape index (κ1) is 12.1. The van der Waals surface area contributed by atoms with Gasteiger partial charge in [-0.15, -0.1) is 0 Å². The quantitative estimate of drug-likeness (QED) is 0.375. The molecule has 0 bridgehead atoms. The first-order valence-electron chi connectivity index (χ1n) is 3.78. The van der Waals surface area contributed by atoms with E-state index in [1.165, 1.54) is 6.92 Å². The Bertz CT molecular complexity index is 189. The summed E-state index contributed by atoms with van der Waals surface area (Å²) in [7, 11) is 0. The third-order valence-electron chi connectivity index (χ3n) is 1.36. The van der Waals surface area contributed by atoms with E-state index in [0.717, 1.165) is 0 Å². The van der Waals surface area contributed by atoms with Crippen molar-refractivity contribution in [1.29, 1.82) is 0 Å².